The van der Waals surface area contributed by atoms with Gasteiger partial charge in [0.1, 0.15) is 17.3 Å². The quantitative estimate of drug-likeness (QED) is 0.301. The molecule has 0 spiro atoms. The molecule has 34 heavy (non-hydrogen) atoms. The number of carbonyl (C=O) groups is 1. The maximum atomic E-state index is 13.9. The summed E-state index contributed by atoms with van der Waals surface area (Å²) in [5.41, 5.74) is 3.44. The molecule has 0 saturated heterocycles. The number of H-pyrrole nitrogens is 1. The predicted molar refractivity (Wildman–Crippen MR) is 120 cm³/mol. The third-order valence-electron chi connectivity index (χ3n) is 5.09. The molecule has 0 aliphatic rings. The molecule has 5 rings (SSSR count). The lowest BCUT2D eigenvalue weighted by Gasteiger charge is -2.08. The SMILES string of the molecule is Cc1cc(-c2nc3cccnn3c2-c2ccnc(NC(=O)c3cc([N+](=O)[O-])[nH]n3)c2)ccc1F. The second-order valence-corrected chi connectivity index (χ2v) is 7.35. The zero-order chi connectivity index (χ0) is 23.8. The maximum absolute atomic E-state index is 13.9. The Morgan fingerprint density at radius 3 is 2.76 bits per heavy atom. The first-order chi connectivity index (χ1) is 16.4. The molecule has 12 heteroatoms. The van der Waals surface area contributed by atoms with Crippen LogP contribution in [-0.2, 0) is 0 Å². The molecular weight excluding hydrogens is 443 g/mol. The third kappa shape index (κ3) is 3.72. The van der Waals surface area contributed by atoms with Crippen LogP contribution in [0.5, 0.6) is 0 Å². The second-order valence-electron chi connectivity index (χ2n) is 7.35. The van der Waals surface area contributed by atoms with Gasteiger partial charge in [-0.05, 0) is 59.9 Å². The molecule has 0 fully saturated rings. The number of halogens is 1. The summed E-state index contributed by atoms with van der Waals surface area (Å²) < 4.78 is 15.5. The number of hydrogen-bond acceptors (Lipinski definition) is 7. The van der Waals surface area contributed by atoms with Crippen molar-refractivity contribution < 1.29 is 14.1 Å². The first kappa shape index (κ1) is 20.9. The summed E-state index contributed by atoms with van der Waals surface area (Å²) in [6, 6.07) is 12.7. The van der Waals surface area contributed by atoms with Crippen LogP contribution in [-0.4, -0.2) is 40.6 Å². The Hall–Kier alpha value is -5.00. The number of fused-ring (bicyclic) bond motifs is 1. The van der Waals surface area contributed by atoms with Crippen molar-refractivity contribution in [2.45, 2.75) is 6.92 Å². The number of pyridine rings is 1. The van der Waals surface area contributed by atoms with Gasteiger partial charge in [-0.15, -0.1) is 5.10 Å². The van der Waals surface area contributed by atoms with Crippen molar-refractivity contribution >= 4 is 23.2 Å². The molecule has 11 nitrogen and oxygen atoms in total. The fourth-order valence-electron chi connectivity index (χ4n) is 3.49. The van der Waals surface area contributed by atoms with Crippen LogP contribution in [0.2, 0.25) is 0 Å². The molecule has 0 bridgehead atoms. The van der Waals surface area contributed by atoms with Crippen molar-refractivity contribution in [3.05, 3.63) is 88.1 Å². The Labute approximate surface area is 190 Å². The van der Waals surface area contributed by atoms with E-state index >= 15 is 0 Å². The van der Waals surface area contributed by atoms with Crippen LogP contribution in [0.25, 0.3) is 28.2 Å². The zero-order valence-corrected chi connectivity index (χ0v) is 17.6. The summed E-state index contributed by atoms with van der Waals surface area (Å²) >= 11 is 0. The highest BCUT2D eigenvalue weighted by molar-refractivity contribution is 6.03. The summed E-state index contributed by atoms with van der Waals surface area (Å²) in [6.45, 7) is 1.67. The number of nitrogens with one attached hydrogen (secondary N) is 2. The molecule has 168 valence electrons. The standard InChI is InChI=1S/C22H15FN8O3/c1-12-9-13(4-5-15(12)23)20-21(30-18(27-20)3-2-7-25-30)14-6-8-24-17(10-14)26-22(32)16-11-19(29-28-16)31(33)34/h2-11H,1H3,(H,28,29)(H,24,26,32). The van der Waals surface area contributed by atoms with Crippen LogP contribution >= 0.6 is 0 Å². The van der Waals surface area contributed by atoms with Crippen molar-refractivity contribution in [2.75, 3.05) is 5.32 Å². The lowest BCUT2D eigenvalue weighted by molar-refractivity contribution is -0.389. The largest absolute Gasteiger partial charge is 0.358 e. The number of anilines is 1. The number of benzene rings is 1. The van der Waals surface area contributed by atoms with Gasteiger partial charge in [0.15, 0.2) is 11.3 Å². The Morgan fingerprint density at radius 2 is 2.00 bits per heavy atom. The van der Waals surface area contributed by atoms with Crippen molar-refractivity contribution in [1.82, 2.24) is 29.8 Å². The molecule has 0 aliphatic carbocycles. The van der Waals surface area contributed by atoms with Crippen molar-refractivity contribution in [1.29, 1.82) is 0 Å². The number of aryl methyl sites for hydroxylation is 1. The molecule has 1 amide bonds. The highest BCUT2D eigenvalue weighted by Gasteiger charge is 2.20. The molecular formula is C22H15FN8O3. The molecule has 0 atom stereocenters. The van der Waals surface area contributed by atoms with Gasteiger partial charge in [-0.3, -0.25) is 4.79 Å². The summed E-state index contributed by atoms with van der Waals surface area (Å²) in [6.07, 6.45) is 3.12. The lowest BCUT2D eigenvalue weighted by Crippen LogP contribution is -2.13. The Bertz CT molecular complexity index is 1580. The fourth-order valence-corrected chi connectivity index (χ4v) is 3.49. The number of nitro groups is 1. The summed E-state index contributed by atoms with van der Waals surface area (Å²) in [4.78, 5) is 31.5. The summed E-state index contributed by atoms with van der Waals surface area (Å²) in [5, 5.41) is 23.6. The monoisotopic (exact) mass is 458 g/mol. The van der Waals surface area contributed by atoms with E-state index in [0.29, 0.717) is 33.7 Å². The van der Waals surface area contributed by atoms with Gasteiger partial charge in [-0.1, -0.05) is 5.10 Å². The Morgan fingerprint density at radius 1 is 1.15 bits per heavy atom. The van der Waals surface area contributed by atoms with Gasteiger partial charge >= 0.3 is 5.82 Å². The minimum absolute atomic E-state index is 0.155. The third-order valence-corrected chi connectivity index (χ3v) is 5.09. The fraction of sp³-hybridized carbons (Fsp3) is 0.0455. The molecule has 4 aromatic heterocycles. The smallest absolute Gasteiger partial charge is 0.343 e. The Balaban J connectivity index is 1.56. The van der Waals surface area contributed by atoms with Gasteiger partial charge in [0.2, 0.25) is 0 Å². The first-order valence-corrected chi connectivity index (χ1v) is 9.98. The molecule has 5 aromatic rings. The number of imidazole rings is 1. The van der Waals surface area contributed by atoms with E-state index in [-0.39, 0.29) is 17.3 Å². The highest BCUT2D eigenvalue weighted by atomic mass is 19.1. The van der Waals surface area contributed by atoms with Gasteiger partial charge in [-0.2, -0.15) is 5.10 Å². The number of rotatable bonds is 5. The first-order valence-electron chi connectivity index (χ1n) is 9.98. The van der Waals surface area contributed by atoms with E-state index in [0.717, 1.165) is 6.07 Å². The number of carbonyl (C=O) groups excluding carboxylic acids is 1. The van der Waals surface area contributed by atoms with Gasteiger partial charge in [0, 0.05) is 23.5 Å². The van der Waals surface area contributed by atoms with Gasteiger partial charge in [-0.25, -0.2) is 18.9 Å². The number of amides is 1. The number of nitrogens with zero attached hydrogens (tertiary/aromatic N) is 6. The molecule has 0 aliphatic heterocycles. The van der Waals surface area contributed by atoms with E-state index in [1.165, 1.54) is 12.3 Å². The molecule has 0 radical (unpaired) electrons. The average Bonchev–Trinajstić information content (AvgIpc) is 3.47. The van der Waals surface area contributed by atoms with Crippen molar-refractivity contribution in [3.63, 3.8) is 0 Å². The van der Waals surface area contributed by atoms with Crippen molar-refractivity contribution in [3.8, 4) is 22.5 Å². The maximum Gasteiger partial charge on any atom is 0.343 e. The van der Waals surface area contributed by atoms with Crippen LogP contribution in [0, 0.1) is 22.9 Å². The van der Waals surface area contributed by atoms with E-state index in [9.17, 15) is 19.3 Å². The van der Waals surface area contributed by atoms with Crippen LogP contribution in [0.4, 0.5) is 16.0 Å². The molecule has 0 unspecified atom stereocenters. The summed E-state index contributed by atoms with van der Waals surface area (Å²) in [5.74, 6) is -1.19. The van der Waals surface area contributed by atoms with Crippen LogP contribution in [0.15, 0.2) is 60.9 Å². The van der Waals surface area contributed by atoms with Crippen LogP contribution in [0.3, 0.4) is 0 Å². The number of aromatic amines is 1. The minimum Gasteiger partial charge on any atom is -0.358 e. The number of hydrogen-bond donors (Lipinski definition) is 2. The van der Waals surface area contributed by atoms with E-state index in [1.54, 1.807) is 54.0 Å². The van der Waals surface area contributed by atoms with E-state index in [1.807, 2.05) is 0 Å². The number of aromatic nitrogens is 6. The highest BCUT2D eigenvalue weighted by Crippen LogP contribution is 2.33. The lowest BCUT2D eigenvalue weighted by atomic mass is 10.0. The predicted octanol–water partition coefficient (Wildman–Crippen LogP) is 3.79. The molecule has 4 heterocycles. The average molecular weight is 458 g/mol. The topological polar surface area (TPSA) is 144 Å². The van der Waals surface area contributed by atoms with E-state index < -0.39 is 16.6 Å². The Kier molecular flexibility index (Phi) is 5.01. The summed E-state index contributed by atoms with van der Waals surface area (Å²) in [7, 11) is 0. The molecule has 2 N–H and O–H groups in total. The van der Waals surface area contributed by atoms with E-state index in [4.69, 9.17) is 0 Å². The zero-order valence-electron chi connectivity index (χ0n) is 17.6. The van der Waals surface area contributed by atoms with Gasteiger partial charge in [0.25, 0.3) is 5.91 Å². The molecule has 1 aromatic carbocycles. The normalized spacial score (nSPS) is 11.0. The van der Waals surface area contributed by atoms with Gasteiger partial charge in [0.05, 0.1) is 11.8 Å². The molecule has 0 saturated carbocycles. The van der Waals surface area contributed by atoms with Crippen molar-refractivity contribution in [2.24, 2.45) is 0 Å². The minimum atomic E-state index is -0.681. The van der Waals surface area contributed by atoms with Crippen LogP contribution in [0.1, 0.15) is 16.1 Å². The van der Waals surface area contributed by atoms with Gasteiger partial charge < -0.3 is 15.4 Å². The second kappa shape index (κ2) is 8.16. The van der Waals surface area contributed by atoms with E-state index in [2.05, 4.69) is 30.6 Å². The van der Waals surface area contributed by atoms with Crippen LogP contribution < -0.4 is 5.32 Å².